The van der Waals surface area contributed by atoms with Gasteiger partial charge < -0.3 is 0 Å². The predicted molar refractivity (Wildman–Crippen MR) is 62.3 cm³/mol. The Balaban J connectivity index is 2.89. The highest BCUT2D eigenvalue weighted by atomic mass is 79.9. The van der Waals surface area contributed by atoms with Gasteiger partial charge in [0.1, 0.15) is 5.15 Å². The Kier molecular flexibility index (Phi) is 4.65. The lowest BCUT2D eigenvalue weighted by Crippen LogP contribution is -1.82. The van der Waals surface area contributed by atoms with Crippen LogP contribution in [0.2, 0.25) is 5.15 Å². The first-order chi connectivity index (χ1) is 6.24. The van der Waals surface area contributed by atoms with Gasteiger partial charge in [-0.2, -0.15) is 12.6 Å². The molecule has 0 amide bonds. The molecule has 1 nitrogen and oxygen atoms in total. The molecule has 13 heavy (non-hydrogen) atoms. The normalized spacial score (nSPS) is 9.15. The molecule has 0 unspecified atom stereocenters. The number of nitrogens with zero attached hydrogens (tertiary/aromatic N) is 1. The second kappa shape index (κ2) is 5.54. The molecule has 0 aliphatic carbocycles. The van der Waals surface area contributed by atoms with E-state index >= 15 is 0 Å². The molecule has 0 spiro atoms. The molecule has 1 aromatic heterocycles. The van der Waals surface area contributed by atoms with Crippen molar-refractivity contribution < 1.29 is 0 Å². The summed E-state index contributed by atoms with van der Waals surface area (Å²) in [6, 6.07) is 1.85. The number of halogens is 2. The van der Waals surface area contributed by atoms with Crippen LogP contribution >= 0.6 is 40.2 Å². The third-order valence-corrected chi connectivity index (χ3v) is 2.22. The van der Waals surface area contributed by atoms with Crippen molar-refractivity contribution in [3.63, 3.8) is 0 Å². The third kappa shape index (κ3) is 3.60. The number of hydrogen-bond donors (Lipinski definition) is 1. The summed E-state index contributed by atoms with van der Waals surface area (Å²) >= 11 is 13.2. The van der Waals surface area contributed by atoms with Crippen molar-refractivity contribution >= 4 is 40.2 Å². The van der Waals surface area contributed by atoms with Crippen LogP contribution in [0.4, 0.5) is 0 Å². The third-order valence-electron chi connectivity index (χ3n) is 1.27. The van der Waals surface area contributed by atoms with E-state index in [1.807, 2.05) is 6.07 Å². The van der Waals surface area contributed by atoms with Crippen LogP contribution in [-0.4, -0.2) is 10.7 Å². The summed E-state index contributed by atoms with van der Waals surface area (Å²) in [5.41, 5.74) is 0.748. The number of pyridine rings is 1. The van der Waals surface area contributed by atoms with Gasteiger partial charge in [-0.25, -0.2) is 4.98 Å². The van der Waals surface area contributed by atoms with Crippen molar-refractivity contribution in [2.75, 3.05) is 5.75 Å². The lowest BCUT2D eigenvalue weighted by Gasteiger charge is -1.94. The average molecular weight is 277 g/mol. The molecule has 0 radical (unpaired) electrons. The van der Waals surface area contributed by atoms with Gasteiger partial charge in [0.2, 0.25) is 0 Å². The molecule has 0 bridgehead atoms. The Morgan fingerprint density at radius 3 is 3.08 bits per heavy atom. The van der Waals surface area contributed by atoms with Gasteiger partial charge in [0.25, 0.3) is 0 Å². The van der Waals surface area contributed by atoms with Crippen molar-refractivity contribution in [2.24, 2.45) is 0 Å². The highest BCUT2D eigenvalue weighted by Crippen LogP contribution is 2.16. The maximum Gasteiger partial charge on any atom is 0.144 e. The minimum atomic E-state index is 0.440. The van der Waals surface area contributed by atoms with Crippen LogP contribution in [0.3, 0.4) is 0 Å². The summed E-state index contributed by atoms with van der Waals surface area (Å²) in [5.74, 6) is 6.64. The molecular formula is C9H7BrClNS. The van der Waals surface area contributed by atoms with E-state index in [0.717, 1.165) is 22.2 Å². The smallest absolute Gasteiger partial charge is 0.144 e. The first-order valence-electron chi connectivity index (χ1n) is 3.65. The zero-order chi connectivity index (χ0) is 9.68. The molecule has 68 valence electrons. The van der Waals surface area contributed by atoms with Crippen LogP contribution in [-0.2, 0) is 0 Å². The predicted octanol–water partition coefficient (Wildman–Crippen LogP) is 3.17. The second-order valence-electron chi connectivity index (χ2n) is 2.27. The zero-order valence-corrected chi connectivity index (χ0v) is 9.96. The molecule has 0 aromatic carbocycles. The first kappa shape index (κ1) is 10.9. The number of thiol groups is 1. The van der Waals surface area contributed by atoms with Gasteiger partial charge in [-0.15, -0.1) is 0 Å². The number of rotatable bonds is 1. The first-order valence-corrected chi connectivity index (χ1v) is 5.45. The largest absolute Gasteiger partial charge is 0.242 e. The molecule has 0 fully saturated rings. The Morgan fingerprint density at radius 1 is 1.62 bits per heavy atom. The number of hydrogen-bond acceptors (Lipinski definition) is 2. The molecule has 0 saturated heterocycles. The summed E-state index contributed by atoms with van der Waals surface area (Å²) in [7, 11) is 0. The average Bonchev–Trinajstić information content (AvgIpc) is 2.11. The van der Waals surface area contributed by atoms with Gasteiger partial charge in [0.15, 0.2) is 0 Å². The van der Waals surface area contributed by atoms with Crippen molar-refractivity contribution in [3.05, 3.63) is 27.5 Å². The molecule has 4 heteroatoms. The Morgan fingerprint density at radius 2 is 2.38 bits per heavy atom. The van der Waals surface area contributed by atoms with Gasteiger partial charge in [0.05, 0.1) is 5.56 Å². The van der Waals surface area contributed by atoms with Crippen molar-refractivity contribution in [2.45, 2.75) is 6.42 Å². The van der Waals surface area contributed by atoms with Gasteiger partial charge in [-0.3, -0.25) is 0 Å². The second-order valence-corrected chi connectivity index (χ2v) is 3.99. The lowest BCUT2D eigenvalue weighted by molar-refractivity contribution is 1.28. The molecule has 1 heterocycles. The van der Waals surface area contributed by atoms with E-state index in [-0.39, 0.29) is 0 Å². The van der Waals surface area contributed by atoms with E-state index in [1.54, 1.807) is 6.20 Å². The van der Waals surface area contributed by atoms with Crippen LogP contribution in [0, 0.1) is 11.8 Å². The number of aromatic nitrogens is 1. The summed E-state index contributed by atoms with van der Waals surface area (Å²) in [4.78, 5) is 3.95. The summed E-state index contributed by atoms with van der Waals surface area (Å²) < 4.78 is 0.882. The maximum absolute atomic E-state index is 5.82. The molecule has 1 rings (SSSR count). The fraction of sp³-hybridized carbons (Fsp3) is 0.222. The van der Waals surface area contributed by atoms with Crippen molar-refractivity contribution in [3.8, 4) is 11.8 Å². The summed E-state index contributed by atoms with van der Waals surface area (Å²) in [6.07, 6.45) is 2.40. The minimum absolute atomic E-state index is 0.440. The summed E-state index contributed by atoms with van der Waals surface area (Å²) in [5, 5.41) is 0.440. The van der Waals surface area contributed by atoms with Crippen LogP contribution in [0.15, 0.2) is 16.7 Å². The lowest BCUT2D eigenvalue weighted by atomic mass is 10.3. The Bertz CT molecular complexity index is 356. The summed E-state index contributed by atoms with van der Waals surface area (Å²) in [6.45, 7) is 0. The Hall–Kier alpha value is -0.170. The van der Waals surface area contributed by atoms with E-state index in [0.29, 0.717) is 5.15 Å². The molecule has 0 aliphatic rings. The van der Waals surface area contributed by atoms with E-state index < -0.39 is 0 Å². The molecular weight excluding hydrogens is 270 g/mol. The molecule has 0 aliphatic heterocycles. The van der Waals surface area contributed by atoms with E-state index in [9.17, 15) is 0 Å². The van der Waals surface area contributed by atoms with Gasteiger partial charge >= 0.3 is 0 Å². The van der Waals surface area contributed by atoms with Crippen molar-refractivity contribution in [1.29, 1.82) is 0 Å². The van der Waals surface area contributed by atoms with Crippen LogP contribution in [0.25, 0.3) is 0 Å². The molecule has 0 saturated carbocycles. The molecule has 0 atom stereocenters. The Labute approximate surface area is 96.4 Å². The monoisotopic (exact) mass is 275 g/mol. The fourth-order valence-corrected chi connectivity index (χ4v) is 1.32. The van der Waals surface area contributed by atoms with E-state index in [1.165, 1.54) is 0 Å². The van der Waals surface area contributed by atoms with Crippen LogP contribution in [0.5, 0.6) is 0 Å². The topological polar surface area (TPSA) is 12.9 Å². The van der Waals surface area contributed by atoms with Gasteiger partial charge in [-0.1, -0.05) is 23.4 Å². The highest BCUT2D eigenvalue weighted by molar-refractivity contribution is 9.10. The fourth-order valence-electron chi connectivity index (χ4n) is 0.724. The zero-order valence-electron chi connectivity index (χ0n) is 6.72. The SMILES string of the molecule is SCCC#Cc1cc(Br)cnc1Cl. The highest BCUT2D eigenvalue weighted by Gasteiger charge is 1.97. The van der Waals surface area contributed by atoms with Gasteiger partial charge in [0, 0.05) is 22.8 Å². The quantitative estimate of drug-likeness (QED) is 0.472. The van der Waals surface area contributed by atoms with E-state index in [2.05, 4.69) is 45.4 Å². The van der Waals surface area contributed by atoms with Crippen LogP contribution < -0.4 is 0 Å². The van der Waals surface area contributed by atoms with E-state index in [4.69, 9.17) is 11.6 Å². The van der Waals surface area contributed by atoms with Crippen molar-refractivity contribution in [1.82, 2.24) is 4.98 Å². The van der Waals surface area contributed by atoms with Gasteiger partial charge in [-0.05, 0) is 22.0 Å². The standard InChI is InChI=1S/C9H7BrClNS/c10-8-5-7(3-1-2-4-13)9(11)12-6-8/h5-6,13H,2,4H2. The maximum atomic E-state index is 5.82. The minimum Gasteiger partial charge on any atom is -0.242 e. The molecule has 0 N–H and O–H groups in total. The van der Waals surface area contributed by atoms with Crippen LogP contribution in [0.1, 0.15) is 12.0 Å². The molecule has 1 aromatic rings.